The summed E-state index contributed by atoms with van der Waals surface area (Å²) in [5.74, 6) is 0.482. The van der Waals surface area contributed by atoms with Crippen LogP contribution in [-0.4, -0.2) is 31.3 Å². The summed E-state index contributed by atoms with van der Waals surface area (Å²) in [6.45, 7) is 3.73. The minimum Gasteiger partial charge on any atom is -0.479 e. The molecule has 0 atom stereocenters. The Morgan fingerprint density at radius 2 is 2.11 bits per heavy atom. The van der Waals surface area contributed by atoms with Crippen LogP contribution in [0.4, 0.5) is 0 Å². The Morgan fingerprint density at radius 3 is 2.56 bits per heavy atom. The topological polar surface area (TPSA) is 80.9 Å². The Labute approximate surface area is 106 Å². The van der Waals surface area contributed by atoms with Crippen LogP contribution in [0, 0.1) is 5.92 Å². The van der Waals surface area contributed by atoms with E-state index in [9.17, 15) is 9.90 Å². The SMILES string of the molecule is CCC(CC)(C(=O)O)n1nnnc1CC1CCC1. The van der Waals surface area contributed by atoms with Crippen molar-refractivity contribution in [1.82, 2.24) is 20.2 Å². The first-order chi connectivity index (χ1) is 8.64. The lowest BCUT2D eigenvalue weighted by Crippen LogP contribution is -2.43. The Balaban J connectivity index is 2.29. The maximum atomic E-state index is 11.6. The fourth-order valence-corrected chi connectivity index (χ4v) is 2.56. The molecule has 0 amide bonds. The second-order valence-electron chi connectivity index (χ2n) is 5.05. The summed E-state index contributed by atoms with van der Waals surface area (Å²) in [5, 5.41) is 21.1. The van der Waals surface area contributed by atoms with Crippen LogP contribution < -0.4 is 0 Å². The van der Waals surface area contributed by atoms with Crippen molar-refractivity contribution >= 4 is 5.97 Å². The highest BCUT2D eigenvalue weighted by Crippen LogP contribution is 2.31. The zero-order chi connectivity index (χ0) is 13.2. The average molecular weight is 252 g/mol. The van der Waals surface area contributed by atoms with Gasteiger partial charge in [0.2, 0.25) is 0 Å². The number of tetrazole rings is 1. The molecule has 1 heterocycles. The summed E-state index contributed by atoms with van der Waals surface area (Å²) in [5.41, 5.74) is -0.997. The van der Waals surface area contributed by atoms with Crippen LogP contribution in [0.15, 0.2) is 0 Å². The first kappa shape index (κ1) is 13.0. The zero-order valence-corrected chi connectivity index (χ0v) is 11.0. The van der Waals surface area contributed by atoms with Gasteiger partial charge in [-0.05, 0) is 29.2 Å². The van der Waals surface area contributed by atoms with Crippen LogP contribution in [0.3, 0.4) is 0 Å². The van der Waals surface area contributed by atoms with E-state index in [-0.39, 0.29) is 0 Å². The molecule has 0 unspecified atom stereocenters. The summed E-state index contributed by atoms with van der Waals surface area (Å²) in [6.07, 6.45) is 5.43. The number of carbonyl (C=O) groups is 1. The molecule has 0 saturated heterocycles. The molecule has 1 fully saturated rings. The number of carboxylic acids is 1. The van der Waals surface area contributed by atoms with Crippen molar-refractivity contribution in [2.75, 3.05) is 0 Å². The predicted molar refractivity (Wildman–Crippen MR) is 65.1 cm³/mol. The van der Waals surface area contributed by atoms with Gasteiger partial charge in [-0.15, -0.1) is 5.10 Å². The lowest BCUT2D eigenvalue weighted by atomic mass is 9.82. The number of aliphatic carboxylic acids is 1. The van der Waals surface area contributed by atoms with Gasteiger partial charge in [-0.2, -0.15) is 0 Å². The maximum absolute atomic E-state index is 11.6. The molecule has 1 aliphatic carbocycles. The number of nitrogens with zero attached hydrogens (tertiary/aromatic N) is 4. The number of hydrogen-bond acceptors (Lipinski definition) is 4. The van der Waals surface area contributed by atoms with Crippen molar-refractivity contribution in [1.29, 1.82) is 0 Å². The Morgan fingerprint density at radius 1 is 1.44 bits per heavy atom. The lowest BCUT2D eigenvalue weighted by molar-refractivity contribution is -0.149. The minimum atomic E-state index is -0.997. The van der Waals surface area contributed by atoms with E-state index in [1.807, 2.05) is 13.8 Å². The summed E-state index contributed by atoms with van der Waals surface area (Å²) in [7, 11) is 0. The molecule has 0 radical (unpaired) electrons. The summed E-state index contributed by atoms with van der Waals surface area (Å²) in [6, 6.07) is 0. The van der Waals surface area contributed by atoms with Gasteiger partial charge >= 0.3 is 5.97 Å². The first-order valence-corrected chi connectivity index (χ1v) is 6.65. The van der Waals surface area contributed by atoms with E-state index < -0.39 is 11.5 Å². The van der Waals surface area contributed by atoms with Crippen molar-refractivity contribution < 1.29 is 9.90 Å². The van der Waals surface area contributed by atoms with E-state index in [1.165, 1.54) is 23.9 Å². The van der Waals surface area contributed by atoms with E-state index in [2.05, 4.69) is 15.5 Å². The molecule has 6 heteroatoms. The van der Waals surface area contributed by atoms with E-state index in [4.69, 9.17) is 0 Å². The third-order valence-electron chi connectivity index (χ3n) is 4.20. The van der Waals surface area contributed by atoms with Gasteiger partial charge in [-0.1, -0.05) is 33.1 Å². The molecule has 0 aromatic carbocycles. The van der Waals surface area contributed by atoms with Gasteiger partial charge in [0.15, 0.2) is 11.4 Å². The highest BCUT2D eigenvalue weighted by Gasteiger charge is 2.40. The van der Waals surface area contributed by atoms with Gasteiger partial charge in [0.25, 0.3) is 0 Å². The maximum Gasteiger partial charge on any atom is 0.331 e. The second-order valence-corrected chi connectivity index (χ2v) is 5.05. The third kappa shape index (κ3) is 2.00. The number of rotatable bonds is 6. The molecular formula is C12H20N4O2. The molecule has 0 aliphatic heterocycles. The van der Waals surface area contributed by atoms with Crippen molar-refractivity contribution in [2.24, 2.45) is 5.92 Å². The molecular weight excluding hydrogens is 232 g/mol. The molecule has 1 aromatic rings. The number of carboxylic acid groups (broad SMARTS) is 1. The first-order valence-electron chi connectivity index (χ1n) is 6.65. The quantitative estimate of drug-likeness (QED) is 0.832. The van der Waals surface area contributed by atoms with E-state index in [1.54, 1.807) is 0 Å². The third-order valence-corrected chi connectivity index (χ3v) is 4.20. The highest BCUT2D eigenvalue weighted by atomic mass is 16.4. The Bertz CT molecular complexity index is 421. The molecule has 18 heavy (non-hydrogen) atoms. The normalized spacial score (nSPS) is 16.6. The number of hydrogen-bond donors (Lipinski definition) is 1. The van der Waals surface area contributed by atoms with Crippen LogP contribution in [0.2, 0.25) is 0 Å². The van der Waals surface area contributed by atoms with Gasteiger partial charge in [0.05, 0.1) is 0 Å². The van der Waals surface area contributed by atoms with Crippen LogP contribution in [0.1, 0.15) is 51.8 Å². The molecule has 1 aromatic heterocycles. The predicted octanol–water partition coefficient (Wildman–Crippen LogP) is 1.62. The van der Waals surface area contributed by atoms with Crippen LogP contribution >= 0.6 is 0 Å². The Kier molecular flexibility index (Phi) is 3.63. The summed E-state index contributed by atoms with van der Waals surface area (Å²) >= 11 is 0. The van der Waals surface area contributed by atoms with Crippen molar-refractivity contribution in [3.8, 4) is 0 Å². The van der Waals surface area contributed by atoms with Crippen molar-refractivity contribution in [3.63, 3.8) is 0 Å². The van der Waals surface area contributed by atoms with Crippen molar-refractivity contribution in [3.05, 3.63) is 5.82 Å². The van der Waals surface area contributed by atoms with E-state index in [0.29, 0.717) is 24.6 Å². The smallest absolute Gasteiger partial charge is 0.331 e. The largest absolute Gasteiger partial charge is 0.479 e. The molecule has 0 spiro atoms. The Hall–Kier alpha value is -1.46. The van der Waals surface area contributed by atoms with Crippen LogP contribution in [0.5, 0.6) is 0 Å². The van der Waals surface area contributed by atoms with Gasteiger partial charge in [0.1, 0.15) is 0 Å². The van der Waals surface area contributed by atoms with Gasteiger partial charge in [-0.3, -0.25) is 0 Å². The van der Waals surface area contributed by atoms with Gasteiger partial charge in [0, 0.05) is 6.42 Å². The molecule has 1 saturated carbocycles. The van der Waals surface area contributed by atoms with E-state index in [0.717, 1.165) is 6.42 Å². The molecule has 6 nitrogen and oxygen atoms in total. The molecule has 1 N–H and O–H groups in total. The van der Waals surface area contributed by atoms with Crippen molar-refractivity contribution in [2.45, 2.75) is 57.9 Å². The fourth-order valence-electron chi connectivity index (χ4n) is 2.56. The second kappa shape index (κ2) is 5.04. The molecule has 0 bridgehead atoms. The highest BCUT2D eigenvalue weighted by molar-refractivity contribution is 5.76. The summed E-state index contributed by atoms with van der Waals surface area (Å²) < 4.78 is 1.54. The summed E-state index contributed by atoms with van der Waals surface area (Å²) in [4.78, 5) is 11.6. The average Bonchev–Trinajstić information content (AvgIpc) is 2.75. The zero-order valence-electron chi connectivity index (χ0n) is 11.0. The molecule has 100 valence electrons. The fraction of sp³-hybridized carbons (Fsp3) is 0.833. The molecule has 2 rings (SSSR count). The standard InChI is InChI=1S/C12H20N4O2/c1-3-12(4-2,11(17)18)16-10(13-14-15-16)8-9-6-5-7-9/h9H,3-8H2,1-2H3,(H,17,18). The lowest BCUT2D eigenvalue weighted by Gasteiger charge is -2.30. The van der Waals surface area contributed by atoms with Gasteiger partial charge in [-0.25, -0.2) is 9.48 Å². The monoisotopic (exact) mass is 252 g/mol. The molecule has 1 aliphatic rings. The van der Waals surface area contributed by atoms with Crippen LogP contribution in [-0.2, 0) is 16.8 Å². The number of aromatic nitrogens is 4. The van der Waals surface area contributed by atoms with Crippen LogP contribution in [0.25, 0.3) is 0 Å². The minimum absolute atomic E-state index is 0.488. The van der Waals surface area contributed by atoms with E-state index >= 15 is 0 Å². The van der Waals surface area contributed by atoms with Gasteiger partial charge < -0.3 is 5.11 Å².